The zero-order chi connectivity index (χ0) is 22.1. The standard InChI is InChI=1S/C25H33N3O3/c1-17-20(14-26-16-28-17)23(30)27-15-25(18-7-5-4-6-8-18)11-9-19-21(29)13-24(2,3)31-22(19)10-12-25/h4-8,14,16,19,21-22,29H,9-13,15H2,1-3H3,(H,27,30)/t19-,21+,22+,25+/m1/s1. The number of nitrogens with one attached hydrogen (secondary N) is 1. The summed E-state index contributed by atoms with van der Waals surface area (Å²) in [4.78, 5) is 21.0. The zero-order valence-corrected chi connectivity index (χ0v) is 18.7. The van der Waals surface area contributed by atoms with Crippen molar-refractivity contribution >= 4 is 5.91 Å². The Morgan fingerprint density at radius 3 is 2.71 bits per heavy atom. The van der Waals surface area contributed by atoms with E-state index in [0.717, 1.165) is 25.7 Å². The Labute approximate surface area is 184 Å². The molecule has 31 heavy (non-hydrogen) atoms. The summed E-state index contributed by atoms with van der Waals surface area (Å²) in [5.41, 5.74) is 1.90. The highest BCUT2D eigenvalue weighted by atomic mass is 16.5. The third kappa shape index (κ3) is 4.65. The Kier molecular flexibility index (Phi) is 6.13. The summed E-state index contributed by atoms with van der Waals surface area (Å²) in [5.74, 6) is -0.00781. The van der Waals surface area contributed by atoms with E-state index >= 15 is 0 Å². The lowest BCUT2D eigenvalue weighted by atomic mass is 9.73. The topological polar surface area (TPSA) is 84.3 Å². The summed E-state index contributed by atoms with van der Waals surface area (Å²) < 4.78 is 6.40. The minimum atomic E-state index is -0.348. The normalized spacial score (nSPS) is 30.1. The molecule has 0 radical (unpaired) electrons. The number of aliphatic hydroxyl groups is 1. The second-order valence-corrected chi connectivity index (χ2v) is 9.78. The molecule has 1 saturated heterocycles. The fourth-order valence-corrected chi connectivity index (χ4v) is 5.40. The number of hydrogen-bond acceptors (Lipinski definition) is 5. The smallest absolute Gasteiger partial charge is 0.254 e. The maximum atomic E-state index is 12.9. The molecule has 4 rings (SSSR count). The Hall–Kier alpha value is -2.31. The molecule has 2 fully saturated rings. The predicted molar refractivity (Wildman–Crippen MR) is 119 cm³/mol. The number of benzene rings is 1. The third-order valence-corrected chi connectivity index (χ3v) is 7.14. The van der Waals surface area contributed by atoms with Crippen LogP contribution < -0.4 is 5.32 Å². The summed E-state index contributed by atoms with van der Waals surface area (Å²) in [6.45, 7) is 6.47. The summed E-state index contributed by atoms with van der Waals surface area (Å²) in [6.07, 6.45) is 6.91. The van der Waals surface area contributed by atoms with Crippen molar-refractivity contribution in [3.05, 3.63) is 59.7 Å². The van der Waals surface area contributed by atoms with Crippen LogP contribution in [0.1, 0.15) is 67.6 Å². The van der Waals surface area contributed by atoms with E-state index in [1.165, 1.54) is 11.9 Å². The zero-order valence-electron chi connectivity index (χ0n) is 18.7. The number of carbonyl (C=O) groups excluding carboxylic acids is 1. The Morgan fingerprint density at radius 1 is 1.23 bits per heavy atom. The van der Waals surface area contributed by atoms with E-state index in [4.69, 9.17) is 4.74 Å². The van der Waals surface area contributed by atoms with Crippen LogP contribution in [0.2, 0.25) is 0 Å². The Balaban J connectivity index is 1.58. The highest BCUT2D eigenvalue weighted by molar-refractivity contribution is 5.94. The van der Waals surface area contributed by atoms with E-state index in [1.54, 1.807) is 6.20 Å². The lowest BCUT2D eigenvalue weighted by molar-refractivity contribution is -0.178. The molecule has 1 aliphatic carbocycles. The van der Waals surface area contributed by atoms with Gasteiger partial charge in [0.1, 0.15) is 6.33 Å². The number of aryl methyl sites for hydroxylation is 1. The first-order valence-electron chi connectivity index (χ1n) is 11.3. The van der Waals surface area contributed by atoms with E-state index < -0.39 is 0 Å². The molecular formula is C25H33N3O3. The van der Waals surface area contributed by atoms with Crippen LogP contribution in [0.25, 0.3) is 0 Å². The average molecular weight is 424 g/mol. The number of rotatable bonds is 4. The van der Waals surface area contributed by atoms with Gasteiger partial charge in [-0.3, -0.25) is 4.79 Å². The number of hydrogen-bond donors (Lipinski definition) is 2. The first-order valence-corrected chi connectivity index (χ1v) is 11.3. The van der Waals surface area contributed by atoms with Gasteiger partial charge in [-0.25, -0.2) is 9.97 Å². The van der Waals surface area contributed by atoms with Crippen LogP contribution >= 0.6 is 0 Å². The number of aliphatic hydroxyl groups excluding tert-OH is 1. The highest BCUT2D eigenvalue weighted by Crippen LogP contribution is 2.45. The summed E-state index contributed by atoms with van der Waals surface area (Å²) >= 11 is 0. The van der Waals surface area contributed by atoms with E-state index in [2.05, 4.69) is 53.4 Å². The van der Waals surface area contributed by atoms with Crippen LogP contribution in [-0.4, -0.2) is 45.3 Å². The number of nitrogens with zero attached hydrogens (tertiary/aromatic N) is 2. The molecule has 0 spiro atoms. The number of ether oxygens (including phenoxy) is 1. The Morgan fingerprint density at radius 2 is 1.97 bits per heavy atom. The molecule has 1 saturated carbocycles. The molecule has 1 aliphatic heterocycles. The van der Waals surface area contributed by atoms with Crippen molar-refractivity contribution in [1.82, 2.24) is 15.3 Å². The van der Waals surface area contributed by atoms with Gasteiger partial charge >= 0.3 is 0 Å². The Bertz CT molecular complexity index is 917. The van der Waals surface area contributed by atoms with Gasteiger partial charge < -0.3 is 15.2 Å². The largest absolute Gasteiger partial charge is 0.393 e. The molecule has 2 heterocycles. The minimum absolute atomic E-state index is 0.0461. The number of carbonyl (C=O) groups is 1. The van der Waals surface area contributed by atoms with Crippen molar-refractivity contribution in [3.8, 4) is 0 Å². The molecule has 0 unspecified atom stereocenters. The quantitative estimate of drug-likeness (QED) is 0.785. The molecule has 2 N–H and O–H groups in total. The van der Waals surface area contributed by atoms with Crippen LogP contribution in [0.3, 0.4) is 0 Å². The summed E-state index contributed by atoms with van der Waals surface area (Å²) in [7, 11) is 0. The molecule has 6 nitrogen and oxygen atoms in total. The molecule has 6 heteroatoms. The van der Waals surface area contributed by atoms with Crippen LogP contribution in [-0.2, 0) is 10.2 Å². The van der Waals surface area contributed by atoms with Crippen molar-refractivity contribution < 1.29 is 14.6 Å². The van der Waals surface area contributed by atoms with Gasteiger partial charge in [0.25, 0.3) is 5.91 Å². The molecule has 1 aromatic carbocycles. The van der Waals surface area contributed by atoms with Crippen LogP contribution in [0.5, 0.6) is 0 Å². The van der Waals surface area contributed by atoms with Crippen LogP contribution in [0, 0.1) is 12.8 Å². The molecule has 4 atom stereocenters. The van der Waals surface area contributed by atoms with Crippen molar-refractivity contribution in [1.29, 1.82) is 0 Å². The summed E-state index contributed by atoms with van der Waals surface area (Å²) in [6, 6.07) is 10.4. The lowest BCUT2D eigenvalue weighted by Crippen LogP contribution is -2.48. The molecule has 2 aromatic rings. The maximum Gasteiger partial charge on any atom is 0.254 e. The van der Waals surface area contributed by atoms with Gasteiger partial charge in [0.2, 0.25) is 0 Å². The van der Waals surface area contributed by atoms with E-state index in [9.17, 15) is 9.90 Å². The fraction of sp³-hybridized carbons (Fsp3) is 0.560. The fourth-order valence-electron chi connectivity index (χ4n) is 5.40. The minimum Gasteiger partial charge on any atom is -0.393 e. The van der Waals surface area contributed by atoms with Gasteiger partial charge in [-0.2, -0.15) is 0 Å². The van der Waals surface area contributed by atoms with Crippen molar-refractivity contribution in [2.75, 3.05) is 6.54 Å². The molecular weight excluding hydrogens is 390 g/mol. The summed E-state index contributed by atoms with van der Waals surface area (Å²) in [5, 5.41) is 14.0. The SMILES string of the molecule is Cc1ncncc1C(=O)NC[C@]1(c2ccccc2)CC[C@H]2[C@H](CC1)OC(C)(C)C[C@@H]2O. The van der Waals surface area contributed by atoms with Crippen molar-refractivity contribution in [2.45, 2.75) is 76.1 Å². The lowest BCUT2D eigenvalue weighted by Gasteiger charge is -2.43. The second-order valence-electron chi connectivity index (χ2n) is 9.78. The molecule has 1 amide bonds. The van der Waals surface area contributed by atoms with Gasteiger partial charge in [0.15, 0.2) is 0 Å². The second kappa shape index (κ2) is 8.67. The average Bonchev–Trinajstić information content (AvgIpc) is 2.93. The molecule has 0 bridgehead atoms. The monoisotopic (exact) mass is 423 g/mol. The molecule has 166 valence electrons. The highest BCUT2D eigenvalue weighted by Gasteiger charge is 2.46. The number of amides is 1. The third-order valence-electron chi connectivity index (χ3n) is 7.14. The number of fused-ring (bicyclic) bond motifs is 1. The first kappa shape index (κ1) is 21.9. The number of aromatic nitrogens is 2. The van der Waals surface area contributed by atoms with E-state index in [1.807, 2.05) is 13.0 Å². The van der Waals surface area contributed by atoms with Gasteiger partial charge in [0, 0.05) is 30.5 Å². The van der Waals surface area contributed by atoms with Crippen molar-refractivity contribution in [2.24, 2.45) is 5.92 Å². The van der Waals surface area contributed by atoms with Crippen LogP contribution in [0.4, 0.5) is 0 Å². The van der Waals surface area contributed by atoms with E-state index in [-0.39, 0.29) is 35.0 Å². The van der Waals surface area contributed by atoms with Gasteiger partial charge in [-0.15, -0.1) is 0 Å². The molecule has 2 aliphatic rings. The van der Waals surface area contributed by atoms with Gasteiger partial charge in [0.05, 0.1) is 29.1 Å². The van der Waals surface area contributed by atoms with Gasteiger partial charge in [-0.1, -0.05) is 30.3 Å². The predicted octanol–water partition coefficient (Wildman–Crippen LogP) is 3.57. The first-order chi connectivity index (χ1) is 14.8. The van der Waals surface area contributed by atoms with Crippen molar-refractivity contribution in [3.63, 3.8) is 0 Å². The molecule has 1 aromatic heterocycles. The van der Waals surface area contributed by atoms with Crippen LogP contribution in [0.15, 0.2) is 42.9 Å². The van der Waals surface area contributed by atoms with Gasteiger partial charge in [-0.05, 0) is 52.0 Å². The maximum absolute atomic E-state index is 12.9. The van der Waals surface area contributed by atoms with E-state index in [0.29, 0.717) is 24.2 Å².